The Morgan fingerprint density at radius 3 is 2.88 bits per heavy atom. The van der Waals surface area contributed by atoms with Crippen LogP contribution in [0.5, 0.6) is 11.5 Å². The van der Waals surface area contributed by atoms with Gasteiger partial charge in [-0.3, -0.25) is 4.79 Å². The summed E-state index contributed by atoms with van der Waals surface area (Å²) in [4.78, 5) is 14.5. The third-order valence-electron chi connectivity index (χ3n) is 2.05. The van der Waals surface area contributed by atoms with Crippen LogP contribution in [-0.2, 0) is 4.79 Å². The van der Waals surface area contributed by atoms with Crippen LogP contribution >= 0.6 is 0 Å². The van der Waals surface area contributed by atoms with Crippen LogP contribution in [0.15, 0.2) is 29.3 Å². The lowest BCUT2D eigenvalue weighted by atomic mass is 10.2. The normalized spacial score (nSPS) is 12.7. The van der Waals surface area contributed by atoms with Crippen LogP contribution in [0.2, 0.25) is 0 Å². The molecule has 0 aliphatic carbocycles. The number of nitrogens with two attached hydrogens (primary N) is 2. The van der Waals surface area contributed by atoms with E-state index in [0.717, 1.165) is 5.56 Å². The quantitative estimate of drug-likeness (QED) is 0.441. The fraction of sp³-hybridized carbons (Fsp3) is 0.0909. The zero-order valence-corrected chi connectivity index (χ0v) is 8.92. The summed E-state index contributed by atoms with van der Waals surface area (Å²) in [6.45, 7) is 0.218. The molecule has 0 fully saturated rings. The first-order chi connectivity index (χ1) is 8.15. The first-order valence-corrected chi connectivity index (χ1v) is 4.86. The van der Waals surface area contributed by atoms with Crippen molar-refractivity contribution in [3.63, 3.8) is 0 Å². The van der Waals surface area contributed by atoms with E-state index >= 15 is 0 Å². The van der Waals surface area contributed by atoms with E-state index in [4.69, 9.17) is 20.9 Å². The van der Waals surface area contributed by atoms with Crippen molar-refractivity contribution >= 4 is 17.9 Å². The Bertz CT molecular complexity index is 510. The van der Waals surface area contributed by atoms with Gasteiger partial charge in [-0.2, -0.15) is 4.99 Å². The SMILES string of the molecule is NC(N)=NC(=O)/C=C/c1ccc2c(c1)OCO2.[HH]. The van der Waals surface area contributed by atoms with Crippen LogP contribution in [0.1, 0.15) is 6.99 Å². The van der Waals surface area contributed by atoms with Crippen LogP contribution in [-0.4, -0.2) is 18.7 Å². The van der Waals surface area contributed by atoms with Crippen molar-refractivity contribution in [1.29, 1.82) is 0 Å². The topological polar surface area (TPSA) is 99.9 Å². The van der Waals surface area contributed by atoms with Crippen LogP contribution < -0.4 is 20.9 Å². The molecule has 0 spiro atoms. The Balaban J connectivity index is 0.00000162. The summed E-state index contributed by atoms with van der Waals surface area (Å²) >= 11 is 0. The molecule has 0 aromatic heterocycles. The molecule has 0 unspecified atom stereocenters. The Hall–Kier alpha value is -2.50. The van der Waals surface area contributed by atoms with Gasteiger partial charge in [-0.15, -0.1) is 0 Å². The van der Waals surface area contributed by atoms with Crippen molar-refractivity contribution in [1.82, 2.24) is 0 Å². The molecule has 1 amide bonds. The number of fused-ring (bicyclic) bond motifs is 1. The number of nitrogens with zero attached hydrogens (tertiary/aromatic N) is 1. The molecule has 1 aromatic carbocycles. The number of carbonyl (C=O) groups excluding carboxylic acids is 1. The summed E-state index contributed by atoms with van der Waals surface area (Å²) in [6.07, 6.45) is 2.87. The average molecular weight is 235 g/mol. The van der Waals surface area contributed by atoms with Crippen molar-refractivity contribution in [3.8, 4) is 11.5 Å². The van der Waals surface area contributed by atoms with Gasteiger partial charge in [0.2, 0.25) is 6.79 Å². The van der Waals surface area contributed by atoms with Gasteiger partial charge in [-0.25, -0.2) is 0 Å². The van der Waals surface area contributed by atoms with E-state index in [9.17, 15) is 4.79 Å². The number of hydrogen-bond acceptors (Lipinski definition) is 3. The van der Waals surface area contributed by atoms with E-state index < -0.39 is 5.91 Å². The molecule has 1 aliphatic rings. The van der Waals surface area contributed by atoms with Crippen LogP contribution in [0.4, 0.5) is 0 Å². The molecule has 1 heterocycles. The molecule has 0 saturated carbocycles. The third-order valence-corrected chi connectivity index (χ3v) is 2.05. The molecule has 2 rings (SSSR count). The Morgan fingerprint density at radius 2 is 2.12 bits per heavy atom. The van der Waals surface area contributed by atoms with Gasteiger partial charge < -0.3 is 20.9 Å². The predicted octanol–water partition coefficient (Wildman–Crippen LogP) is 0.474. The number of hydrogen-bond donors (Lipinski definition) is 2. The Kier molecular flexibility index (Phi) is 2.95. The second kappa shape index (κ2) is 4.56. The minimum absolute atomic E-state index is 0. The van der Waals surface area contributed by atoms with Crippen LogP contribution in [0.25, 0.3) is 6.08 Å². The van der Waals surface area contributed by atoms with Gasteiger partial charge in [0, 0.05) is 7.50 Å². The number of rotatable bonds is 2. The molecule has 0 radical (unpaired) electrons. The highest BCUT2D eigenvalue weighted by Gasteiger charge is 2.12. The molecule has 1 aromatic rings. The molecule has 0 bridgehead atoms. The second-order valence-electron chi connectivity index (χ2n) is 3.32. The lowest BCUT2D eigenvalue weighted by Crippen LogP contribution is -2.23. The van der Waals surface area contributed by atoms with Crippen molar-refractivity contribution < 1.29 is 15.7 Å². The summed E-state index contributed by atoms with van der Waals surface area (Å²) in [6, 6.07) is 5.33. The van der Waals surface area contributed by atoms with Gasteiger partial charge in [-0.05, 0) is 23.8 Å². The largest absolute Gasteiger partial charge is 0.454 e. The Labute approximate surface area is 99.0 Å². The lowest BCUT2D eigenvalue weighted by molar-refractivity contribution is -0.113. The summed E-state index contributed by atoms with van der Waals surface area (Å²) in [5.74, 6) is 0.576. The van der Waals surface area contributed by atoms with Crippen molar-refractivity contribution in [2.75, 3.05) is 6.79 Å². The van der Waals surface area contributed by atoms with Crippen molar-refractivity contribution in [2.24, 2.45) is 16.5 Å². The van der Waals surface area contributed by atoms with E-state index in [1.807, 2.05) is 0 Å². The lowest BCUT2D eigenvalue weighted by Gasteiger charge is -1.96. The van der Waals surface area contributed by atoms with Crippen molar-refractivity contribution in [2.45, 2.75) is 0 Å². The minimum Gasteiger partial charge on any atom is -0.454 e. The molecule has 6 heteroatoms. The first kappa shape index (κ1) is 11.0. The summed E-state index contributed by atoms with van der Waals surface area (Å²) in [5, 5.41) is 0. The molecular weight excluding hydrogens is 222 g/mol. The van der Waals surface area contributed by atoms with Crippen LogP contribution in [0.3, 0.4) is 0 Å². The fourth-order valence-electron chi connectivity index (χ4n) is 1.35. The highest BCUT2D eigenvalue weighted by molar-refractivity contribution is 5.99. The van der Waals surface area contributed by atoms with E-state index in [1.165, 1.54) is 6.08 Å². The van der Waals surface area contributed by atoms with E-state index in [0.29, 0.717) is 11.5 Å². The van der Waals surface area contributed by atoms with Gasteiger partial charge >= 0.3 is 0 Å². The van der Waals surface area contributed by atoms with Gasteiger partial charge in [-0.1, -0.05) is 6.07 Å². The maximum Gasteiger partial charge on any atom is 0.272 e. The van der Waals surface area contributed by atoms with Gasteiger partial charge in [0.25, 0.3) is 5.91 Å². The van der Waals surface area contributed by atoms with Crippen molar-refractivity contribution in [3.05, 3.63) is 29.8 Å². The molecule has 17 heavy (non-hydrogen) atoms. The zero-order valence-electron chi connectivity index (χ0n) is 8.92. The number of guanidine groups is 1. The monoisotopic (exact) mass is 235 g/mol. The smallest absolute Gasteiger partial charge is 0.272 e. The molecule has 0 atom stereocenters. The maximum absolute atomic E-state index is 11.2. The second-order valence-corrected chi connectivity index (χ2v) is 3.32. The minimum atomic E-state index is -0.511. The van der Waals surface area contributed by atoms with Gasteiger partial charge in [0.15, 0.2) is 17.5 Å². The molecule has 6 nitrogen and oxygen atoms in total. The third kappa shape index (κ3) is 2.75. The molecule has 4 N–H and O–H groups in total. The van der Waals surface area contributed by atoms with Gasteiger partial charge in [0.05, 0.1) is 0 Å². The number of carbonyl (C=O) groups is 1. The first-order valence-electron chi connectivity index (χ1n) is 4.86. The number of aliphatic imine (C=N–C) groups is 1. The standard InChI is InChI=1S/C11H11N3O3.H2/c12-11(13)14-10(15)4-2-7-1-3-8-9(5-7)17-6-16-8;/h1-5H,6H2,(H4,12,13,14,15);1H/b4-2+;. The predicted molar refractivity (Wildman–Crippen MR) is 64.5 cm³/mol. The number of benzene rings is 1. The molecule has 90 valence electrons. The van der Waals surface area contributed by atoms with E-state index in [1.54, 1.807) is 24.3 Å². The summed E-state index contributed by atoms with van der Waals surface area (Å²) in [7, 11) is 0. The maximum atomic E-state index is 11.2. The fourth-order valence-corrected chi connectivity index (χ4v) is 1.35. The number of amides is 1. The Morgan fingerprint density at radius 1 is 1.35 bits per heavy atom. The molecule has 0 saturated heterocycles. The highest BCUT2D eigenvalue weighted by atomic mass is 16.7. The van der Waals surface area contributed by atoms with Crippen LogP contribution in [0, 0.1) is 0 Å². The van der Waals surface area contributed by atoms with Gasteiger partial charge in [0.1, 0.15) is 0 Å². The average Bonchev–Trinajstić information content (AvgIpc) is 2.72. The van der Waals surface area contributed by atoms with E-state index in [2.05, 4.69) is 4.99 Å². The molecular formula is C11H13N3O3. The number of ether oxygens (including phenoxy) is 2. The summed E-state index contributed by atoms with van der Waals surface area (Å²) in [5.41, 5.74) is 10.9. The highest BCUT2D eigenvalue weighted by Crippen LogP contribution is 2.32. The zero-order chi connectivity index (χ0) is 12.3. The summed E-state index contributed by atoms with van der Waals surface area (Å²) < 4.78 is 10.4. The molecule has 1 aliphatic heterocycles. The van der Waals surface area contributed by atoms with E-state index in [-0.39, 0.29) is 14.2 Å².